The van der Waals surface area contributed by atoms with Gasteiger partial charge in [0, 0.05) is 12.0 Å². The summed E-state index contributed by atoms with van der Waals surface area (Å²) in [5.41, 5.74) is 0.757. The smallest absolute Gasteiger partial charge is 0.407 e. The molecule has 2 atom stereocenters. The van der Waals surface area contributed by atoms with Gasteiger partial charge < -0.3 is 23.9 Å². The van der Waals surface area contributed by atoms with Gasteiger partial charge in [-0.15, -0.1) is 0 Å². The SMILES string of the molecule is C[C@@H](COc1ncc2nc(-c3ccc(OCC4CC4(F)F)cc3)oc2n1)NC(=O)OC(C)(C)C. The van der Waals surface area contributed by atoms with Gasteiger partial charge >= 0.3 is 12.1 Å². The Morgan fingerprint density at radius 1 is 1.24 bits per heavy atom. The van der Waals surface area contributed by atoms with Crippen LogP contribution in [0.15, 0.2) is 34.9 Å². The number of hydrogen-bond donors (Lipinski definition) is 1. The first-order valence-electron chi connectivity index (χ1n) is 10.9. The molecule has 1 aromatic carbocycles. The summed E-state index contributed by atoms with van der Waals surface area (Å²) in [7, 11) is 0. The zero-order valence-corrected chi connectivity index (χ0v) is 19.3. The van der Waals surface area contributed by atoms with Crippen LogP contribution in [0.4, 0.5) is 13.6 Å². The highest BCUT2D eigenvalue weighted by Crippen LogP contribution is 2.48. The first-order chi connectivity index (χ1) is 16.0. The van der Waals surface area contributed by atoms with Crippen molar-refractivity contribution in [3.05, 3.63) is 30.5 Å². The second kappa shape index (κ2) is 9.03. The molecule has 2 heterocycles. The van der Waals surface area contributed by atoms with Crippen LogP contribution in [-0.4, -0.2) is 51.8 Å². The molecule has 0 radical (unpaired) electrons. The molecule has 2 aromatic heterocycles. The van der Waals surface area contributed by atoms with Crippen LogP contribution in [0.3, 0.4) is 0 Å². The fourth-order valence-corrected chi connectivity index (χ4v) is 3.00. The van der Waals surface area contributed by atoms with Gasteiger partial charge in [-0.1, -0.05) is 0 Å². The molecule has 182 valence electrons. The summed E-state index contributed by atoms with van der Waals surface area (Å²) in [4.78, 5) is 24.5. The van der Waals surface area contributed by atoms with Crippen LogP contribution in [0.25, 0.3) is 22.7 Å². The number of nitrogens with one attached hydrogen (secondary N) is 1. The van der Waals surface area contributed by atoms with Gasteiger partial charge in [-0.05, 0) is 52.0 Å². The molecule has 11 heteroatoms. The van der Waals surface area contributed by atoms with Crippen molar-refractivity contribution >= 4 is 17.3 Å². The monoisotopic (exact) mass is 476 g/mol. The van der Waals surface area contributed by atoms with E-state index < -0.39 is 23.5 Å². The van der Waals surface area contributed by atoms with Gasteiger partial charge in [-0.2, -0.15) is 4.98 Å². The summed E-state index contributed by atoms with van der Waals surface area (Å²) in [6.45, 7) is 7.22. The van der Waals surface area contributed by atoms with Crippen LogP contribution in [-0.2, 0) is 4.74 Å². The normalized spacial score (nSPS) is 17.8. The fourth-order valence-electron chi connectivity index (χ4n) is 3.00. The molecule has 1 fully saturated rings. The van der Waals surface area contributed by atoms with E-state index in [1.807, 2.05) is 0 Å². The zero-order valence-electron chi connectivity index (χ0n) is 19.3. The van der Waals surface area contributed by atoms with Crippen molar-refractivity contribution in [2.75, 3.05) is 13.2 Å². The van der Waals surface area contributed by atoms with Gasteiger partial charge in [0.15, 0.2) is 0 Å². The third-order valence-corrected chi connectivity index (χ3v) is 4.86. The number of alkyl carbamates (subject to hydrolysis) is 1. The van der Waals surface area contributed by atoms with Crippen molar-refractivity contribution in [2.45, 2.75) is 51.7 Å². The second-order valence-corrected chi connectivity index (χ2v) is 9.22. The average molecular weight is 476 g/mol. The lowest BCUT2D eigenvalue weighted by Gasteiger charge is -2.21. The summed E-state index contributed by atoms with van der Waals surface area (Å²) in [5, 5.41) is 2.67. The first-order valence-corrected chi connectivity index (χ1v) is 10.9. The molecule has 1 unspecified atom stereocenters. The number of halogens is 2. The third-order valence-electron chi connectivity index (χ3n) is 4.86. The Hall–Kier alpha value is -3.50. The fraction of sp³-hybridized carbons (Fsp3) is 0.478. The lowest BCUT2D eigenvalue weighted by molar-refractivity contribution is 0.0492. The second-order valence-electron chi connectivity index (χ2n) is 9.22. The first kappa shape index (κ1) is 23.7. The number of ether oxygens (including phenoxy) is 3. The molecule has 0 saturated heterocycles. The maximum atomic E-state index is 13.0. The van der Waals surface area contributed by atoms with Gasteiger partial charge in [0.2, 0.25) is 5.89 Å². The number of nitrogens with zero attached hydrogens (tertiary/aromatic N) is 3. The summed E-state index contributed by atoms with van der Waals surface area (Å²) in [6, 6.07) is 6.52. The zero-order chi connectivity index (χ0) is 24.5. The van der Waals surface area contributed by atoms with Crippen molar-refractivity contribution in [1.82, 2.24) is 20.3 Å². The number of fused-ring (bicyclic) bond motifs is 1. The summed E-state index contributed by atoms with van der Waals surface area (Å²) in [5.74, 6) is -2.50. The lowest BCUT2D eigenvalue weighted by Crippen LogP contribution is -2.40. The molecule has 1 aliphatic rings. The van der Waals surface area contributed by atoms with Crippen LogP contribution in [0.5, 0.6) is 11.8 Å². The van der Waals surface area contributed by atoms with Crippen molar-refractivity contribution in [1.29, 1.82) is 0 Å². The highest BCUT2D eigenvalue weighted by atomic mass is 19.3. The van der Waals surface area contributed by atoms with Crippen LogP contribution in [0, 0.1) is 5.92 Å². The predicted molar refractivity (Wildman–Crippen MR) is 118 cm³/mol. The maximum Gasteiger partial charge on any atom is 0.407 e. The van der Waals surface area contributed by atoms with E-state index in [-0.39, 0.29) is 37.4 Å². The molecular formula is C23H26F2N4O5. The molecule has 4 rings (SSSR count). The molecule has 3 aromatic rings. The number of amides is 1. The van der Waals surface area contributed by atoms with E-state index in [1.165, 1.54) is 6.20 Å². The topological polar surface area (TPSA) is 109 Å². The Kier molecular flexibility index (Phi) is 6.28. The van der Waals surface area contributed by atoms with Crippen LogP contribution < -0.4 is 14.8 Å². The van der Waals surface area contributed by atoms with E-state index in [2.05, 4.69) is 20.3 Å². The van der Waals surface area contributed by atoms with Gasteiger partial charge in [-0.3, -0.25) is 0 Å². The van der Waals surface area contributed by atoms with Crippen LogP contribution in [0.1, 0.15) is 34.1 Å². The van der Waals surface area contributed by atoms with E-state index in [1.54, 1.807) is 52.0 Å². The van der Waals surface area contributed by atoms with Gasteiger partial charge in [0.25, 0.3) is 11.6 Å². The number of benzene rings is 1. The Bertz CT molecular complexity index is 1160. The standard InChI is InChI=1S/C23H26F2N4O5/c1-13(27-21(30)34-22(2,3)4)11-32-20-26-10-17-19(29-20)33-18(28-17)14-5-7-16(8-6-14)31-12-15-9-23(15,24)25/h5-8,10,13,15H,9,11-12H2,1-4H3,(H,27,30)/t13-,15?/m0/s1. The Labute approximate surface area is 194 Å². The Morgan fingerprint density at radius 2 is 1.94 bits per heavy atom. The molecule has 1 aliphatic carbocycles. The molecule has 9 nitrogen and oxygen atoms in total. The molecule has 1 saturated carbocycles. The molecule has 1 N–H and O–H groups in total. The maximum absolute atomic E-state index is 13.0. The summed E-state index contributed by atoms with van der Waals surface area (Å²) < 4.78 is 47.8. The van der Waals surface area contributed by atoms with Gasteiger partial charge in [0.05, 0.1) is 24.8 Å². The van der Waals surface area contributed by atoms with E-state index in [9.17, 15) is 13.6 Å². The molecule has 34 heavy (non-hydrogen) atoms. The summed E-state index contributed by atoms with van der Waals surface area (Å²) >= 11 is 0. The Balaban J connectivity index is 1.33. The molecule has 1 amide bonds. The highest BCUT2D eigenvalue weighted by molar-refractivity contribution is 5.72. The van der Waals surface area contributed by atoms with Crippen molar-refractivity contribution < 1.29 is 32.2 Å². The number of alkyl halides is 2. The third kappa shape index (κ3) is 6.09. The number of hydrogen-bond acceptors (Lipinski definition) is 8. The van der Waals surface area contributed by atoms with Gasteiger partial charge in [-0.25, -0.2) is 23.5 Å². The number of rotatable bonds is 8. The molecule has 0 spiro atoms. The molecule has 0 aliphatic heterocycles. The van der Waals surface area contributed by atoms with E-state index in [0.717, 1.165) is 0 Å². The minimum atomic E-state index is -2.60. The van der Waals surface area contributed by atoms with E-state index >= 15 is 0 Å². The van der Waals surface area contributed by atoms with Crippen molar-refractivity contribution in [3.8, 4) is 23.2 Å². The predicted octanol–water partition coefficient (Wildman–Crippen LogP) is 4.61. The summed E-state index contributed by atoms with van der Waals surface area (Å²) in [6.07, 6.45) is 0.811. The lowest BCUT2D eigenvalue weighted by atomic mass is 10.2. The Morgan fingerprint density at radius 3 is 2.59 bits per heavy atom. The molecular weight excluding hydrogens is 450 g/mol. The van der Waals surface area contributed by atoms with Crippen LogP contribution >= 0.6 is 0 Å². The van der Waals surface area contributed by atoms with Crippen LogP contribution in [0.2, 0.25) is 0 Å². The number of aromatic nitrogens is 3. The highest BCUT2D eigenvalue weighted by Gasteiger charge is 2.57. The number of carbonyl (C=O) groups is 1. The quantitative estimate of drug-likeness (QED) is 0.502. The van der Waals surface area contributed by atoms with E-state index in [4.69, 9.17) is 18.6 Å². The van der Waals surface area contributed by atoms with E-state index in [0.29, 0.717) is 22.7 Å². The average Bonchev–Trinajstić information content (AvgIpc) is 3.15. The van der Waals surface area contributed by atoms with Crippen molar-refractivity contribution in [2.24, 2.45) is 5.92 Å². The van der Waals surface area contributed by atoms with Gasteiger partial charge in [0.1, 0.15) is 23.5 Å². The number of carbonyl (C=O) groups excluding carboxylic acids is 1. The number of oxazole rings is 1. The molecule has 0 bridgehead atoms. The minimum absolute atomic E-state index is 0.0144. The van der Waals surface area contributed by atoms with Crippen molar-refractivity contribution in [3.63, 3.8) is 0 Å². The largest absolute Gasteiger partial charge is 0.493 e. The minimum Gasteiger partial charge on any atom is -0.493 e.